The van der Waals surface area contributed by atoms with Crippen LogP contribution in [0.3, 0.4) is 0 Å². The number of nitrogens with one attached hydrogen (secondary N) is 1. The molecule has 0 bridgehead atoms. The van der Waals surface area contributed by atoms with Crippen molar-refractivity contribution in [3.05, 3.63) is 50.8 Å². The number of aromatic nitrogens is 1. The van der Waals surface area contributed by atoms with E-state index in [-0.39, 0.29) is 5.91 Å². The molecule has 1 aliphatic rings. The first-order chi connectivity index (χ1) is 13.7. The van der Waals surface area contributed by atoms with Gasteiger partial charge >= 0.3 is 0 Å². The third-order valence-electron chi connectivity index (χ3n) is 5.60. The molecule has 0 aliphatic carbocycles. The molecule has 1 fully saturated rings. The molecule has 1 saturated heterocycles. The number of rotatable bonds is 5. The number of likely N-dealkylation sites (tertiary alicyclic amines) is 1. The Labute approximate surface area is 174 Å². The minimum Gasteiger partial charge on any atom is -0.354 e. The summed E-state index contributed by atoms with van der Waals surface area (Å²) in [5.74, 6) is 0.0365. The van der Waals surface area contributed by atoms with E-state index in [1.165, 1.54) is 46.2 Å². The number of amides is 1. The summed E-state index contributed by atoms with van der Waals surface area (Å²) in [4.78, 5) is 21.8. The predicted molar refractivity (Wildman–Crippen MR) is 118 cm³/mol. The molecule has 4 nitrogen and oxygen atoms in total. The van der Waals surface area contributed by atoms with Crippen molar-refractivity contribution in [3.63, 3.8) is 0 Å². The lowest BCUT2D eigenvalue weighted by Gasteiger charge is -2.29. The smallest absolute Gasteiger partial charge is 0.261 e. The number of carbonyl (C=O) groups excluding carboxylic acids is 1. The standard InChI is InChI=1S/C22H27N3OS2/c1-15-24-13-17(27-15)14-25-11-7-3-4-8-16(25)12-19-18-9-5-6-10-20(18)28-21(19)22(26)23-2/h5-6,9-10,13,16H,3-4,7-8,11-12,14H2,1-2H3,(H,23,26)/t16-/m1/s1. The second-order valence-electron chi connectivity index (χ2n) is 7.51. The second kappa shape index (κ2) is 8.72. The number of thiazole rings is 1. The van der Waals surface area contributed by atoms with Crippen LogP contribution in [0.15, 0.2) is 30.5 Å². The Morgan fingerprint density at radius 2 is 2.11 bits per heavy atom. The van der Waals surface area contributed by atoms with E-state index >= 15 is 0 Å². The Kier molecular flexibility index (Phi) is 6.09. The van der Waals surface area contributed by atoms with Crippen molar-refractivity contribution in [3.8, 4) is 0 Å². The summed E-state index contributed by atoms with van der Waals surface area (Å²) < 4.78 is 1.20. The first kappa shape index (κ1) is 19.6. The van der Waals surface area contributed by atoms with Gasteiger partial charge in [0.25, 0.3) is 5.91 Å². The summed E-state index contributed by atoms with van der Waals surface area (Å²) in [6.07, 6.45) is 7.96. The molecular formula is C22H27N3OS2. The zero-order valence-corrected chi connectivity index (χ0v) is 18.2. The number of aryl methyl sites for hydroxylation is 1. The molecule has 0 unspecified atom stereocenters. The Morgan fingerprint density at radius 3 is 2.89 bits per heavy atom. The van der Waals surface area contributed by atoms with Gasteiger partial charge in [0.15, 0.2) is 0 Å². The number of fused-ring (bicyclic) bond motifs is 1. The fraction of sp³-hybridized carbons (Fsp3) is 0.455. The summed E-state index contributed by atoms with van der Waals surface area (Å²) in [6.45, 7) is 4.16. The van der Waals surface area contributed by atoms with Crippen LogP contribution < -0.4 is 5.32 Å². The number of benzene rings is 1. The molecular weight excluding hydrogens is 386 g/mol. The van der Waals surface area contributed by atoms with E-state index < -0.39 is 0 Å². The van der Waals surface area contributed by atoms with Gasteiger partial charge in [-0.1, -0.05) is 31.0 Å². The average molecular weight is 414 g/mol. The fourth-order valence-electron chi connectivity index (χ4n) is 4.19. The summed E-state index contributed by atoms with van der Waals surface area (Å²) in [5, 5.41) is 5.21. The van der Waals surface area contributed by atoms with Gasteiger partial charge in [-0.15, -0.1) is 22.7 Å². The number of hydrogen-bond acceptors (Lipinski definition) is 5. The minimum absolute atomic E-state index is 0.0365. The number of nitrogens with zero attached hydrogens (tertiary/aromatic N) is 2. The third-order valence-corrected chi connectivity index (χ3v) is 7.71. The highest BCUT2D eigenvalue weighted by molar-refractivity contribution is 7.21. The van der Waals surface area contributed by atoms with Gasteiger partial charge in [-0.05, 0) is 49.7 Å². The average Bonchev–Trinajstić information content (AvgIpc) is 3.20. The van der Waals surface area contributed by atoms with Gasteiger partial charge < -0.3 is 5.32 Å². The van der Waals surface area contributed by atoms with E-state index in [0.717, 1.165) is 29.4 Å². The van der Waals surface area contributed by atoms with Crippen LogP contribution in [0, 0.1) is 6.92 Å². The molecule has 0 spiro atoms. The molecule has 4 rings (SSSR count). The Hall–Kier alpha value is -1.76. The molecule has 0 saturated carbocycles. The number of thiophene rings is 1. The topological polar surface area (TPSA) is 45.2 Å². The van der Waals surface area contributed by atoms with Crippen LogP contribution >= 0.6 is 22.7 Å². The van der Waals surface area contributed by atoms with Crippen molar-refractivity contribution in [1.29, 1.82) is 0 Å². The number of hydrogen-bond donors (Lipinski definition) is 1. The predicted octanol–water partition coefficient (Wildman–Crippen LogP) is 5.01. The fourth-order valence-corrected chi connectivity index (χ4v) is 6.19. The first-order valence-electron chi connectivity index (χ1n) is 10.0. The maximum absolute atomic E-state index is 12.6. The first-order valence-corrected chi connectivity index (χ1v) is 11.7. The number of carbonyl (C=O) groups is 1. The molecule has 6 heteroatoms. The minimum atomic E-state index is 0.0365. The molecule has 1 aliphatic heterocycles. The summed E-state index contributed by atoms with van der Waals surface area (Å²) in [6, 6.07) is 8.89. The maximum Gasteiger partial charge on any atom is 0.261 e. The van der Waals surface area contributed by atoms with E-state index in [4.69, 9.17) is 0 Å². The monoisotopic (exact) mass is 413 g/mol. The largest absolute Gasteiger partial charge is 0.354 e. The molecule has 28 heavy (non-hydrogen) atoms. The Bertz CT molecular complexity index is 962. The third kappa shape index (κ3) is 4.14. The lowest BCUT2D eigenvalue weighted by molar-refractivity contribution is 0.0965. The molecule has 3 heterocycles. The molecule has 1 atom stereocenters. The van der Waals surface area contributed by atoms with Crippen LogP contribution in [0.2, 0.25) is 0 Å². The van der Waals surface area contributed by atoms with Crippen LogP contribution in [-0.2, 0) is 13.0 Å². The van der Waals surface area contributed by atoms with E-state index in [0.29, 0.717) is 6.04 Å². The van der Waals surface area contributed by atoms with Gasteiger partial charge in [-0.3, -0.25) is 9.69 Å². The summed E-state index contributed by atoms with van der Waals surface area (Å²) in [5.41, 5.74) is 1.22. The second-order valence-corrected chi connectivity index (χ2v) is 9.88. The molecule has 1 amide bonds. The normalized spacial score (nSPS) is 18.3. The van der Waals surface area contributed by atoms with Crippen molar-refractivity contribution < 1.29 is 4.79 Å². The van der Waals surface area contributed by atoms with Gasteiger partial charge in [0, 0.05) is 35.4 Å². The van der Waals surface area contributed by atoms with Crippen molar-refractivity contribution >= 4 is 38.7 Å². The highest BCUT2D eigenvalue weighted by Crippen LogP contribution is 2.34. The summed E-state index contributed by atoms with van der Waals surface area (Å²) in [7, 11) is 1.72. The van der Waals surface area contributed by atoms with Gasteiger partial charge in [-0.2, -0.15) is 0 Å². The van der Waals surface area contributed by atoms with Gasteiger partial charge in [0.2, 0.25) is 0 Å². The Morgan fingerprint density at radius 1 is 1.25 bits per heavy atom. The highest BCUT2D eigenvalue weighted by atomic mass is 32.1. The maximum atomic E-state index is 12.6. The highest BCUT2D eigenvalue weighted by Gasteiger charge is 2.26. The van der Waals surface area contributed by atoms with Crippen molar-refractivity contribution in [2.75, 3.05) is 13.6 Å². The van der Waals surface area contributed by atoms with Crippen molar-refractivity contribution in [1.82, 2.24) is 15.2 Å². The van der Waals surface area contributed by atoms with Gasteiger partial charge in [-0.25, -0.2) is 4.98 Å². The van der Waals surface area contributed by atoms with E-state index in [1.807, 2.05) is 6.20 Å². The van der Waals surface area contributed by atoms with Gasteiger partial charge in [0.1, 0.15) is 0 Å². The quantitative estimate of drug-likeness (QED) is 0.639. The Balaban J connectivity index is 1.65. The lowest BCUT2D eigenvalue weighted by atomic mass is 9.98. The molecule has 0 radical (unpaired) electrons. The lowest BCUT2D eigenvalue weighted by Crippen LogP contribution is -2.36. The van der Waals surface area contributed by atoms with Crippen molar-refractivity contribution in [2.45, 2.75) is 51.6 Å². The summed E-state index contributed by atoms with van der Waals surface area (Å²) >= 11 is 3.42. The van der Waals surface area contributed by atoms with Crippen LogP contribution in [0.4, 0.5) is 0 Å². The van der Waals surface area contributed by atoms with E-state index in [1.54, 1.807) is 29.7 Å². The van der Waals surface area contributed by atoms with E-state index in [2.05, 4.69) is 46.4 Å². The zero-order valence-electron chi connectivity index (χ0n) is 16.5. The van der Waals surface area contributed by atoms with Crippen LogP contribution in [0.25, 0.3) is 10.1 Å². The zero-order chi connectivity index (χ0) is 19.5. The molecule has 1 aromatic carbocycles. The molecule has 2 aromatic heterocycles. The van der Waals surface area contributed by atoms with Gasteiger partial charge in [0.05, 0.1) is 9.88 Å². The van der Waals surface area contributed by atoms with Crippen LogP contribution in [0.5, 0.6) is 0 Å². The SMILES string of the molecule is CNC(=O)c1sc2ccccc2c1C[C@H]1CCCCCN1Cc1cnc(C)s1. The van der Waals surface area contributed by atoms with Crippen LogP contribution in [-0.4, -0.2) is 35.4 Å². The van der Waals surface area contributed by atoms with E-state index in [9.17, 15) is 4.79 Å². The van der Waals surface area contributed by atoms with Crippen molar-refractivity contribution in [2.24, 2.45) is 0 Å². The molecule has 148 valence electrons. The molecule has 3 aromatic rings. The molecule has 1 N–H and O–H groups in total. The van der Waals surface area contributed by atoms with Crippen LogP contribution in [0.1, 0.15) is 50.8 Å².